The lowest BCUT2D eigenvalue weighted by Crippen LogP contribution is -2.13. The van der Waals surface area contributed by atoms with Gasteiger partial charge in [0, 0.05) is 5.75 Å². The molecule has 0 aliphatic carbocycles. The van der Waals surface area contributed by atoms with E-state index in [1.165, 1.54) is 23.1 Å². The number of methoxy groups -OCH3 is 1. The molecule has 122 valence electrons. The molecule has 0 bridgehead atoms. The molecule has 0 aliphatic rings. The molecule has 0 saturated carbocycles. The highest BCUT2D eigenvalue weighted by Gasteiger charge is 2.16. The molecule has 0 spiro atoms. The highest BCUT2D eigenvalue weighted by Crippen LogP contribution is 2.29. The van der Waals surface area contributed by atoms with Crippen LogP contribution in [0.4, 0.5) is 5.13 Å². The zero-order valence-corrected chi connectivity index (χ0v) is 14.6. The van der Waals surface area contributed by atoms with Gasteiger partial charge < -0.3 is 4.74 Å². The second-order valence-electron chi connectivity index (χ2n) is 4.83. The van der Waals surface area contributed by atoms with Crippen LogP contribution in [0.1, 0.15) is 10.4 Å². The summed E-state index contributed by atoms with van der Waals surface area (Å²) in [5.74, 6) is 1.01. The molecule has 3 rings (SSSR count). The van der Waals surface area contributed by atoms with E-state index in [9.17, 15) is 4.79 Å². The number of thioether (sulfide) groups is 1. The highest BCUT2D eigenvalue weighted by molar-refractivity contribution is 8.01. The van der Waals surface area contributed by atoms with Crippen LogP contribution in [0.2, 0.25) is 0 Å². The van der Waals surface area contributed by atoms with Crippen molar-refractivity contribution in [1.82, 2.24) is 10.2 Å². The first-order valence-electron chi connectivity index (χ1n) is 7.16. The first kappa shape index (κ1) is 16.5. The molecule has 1 heterocycles. The molecular formula is C17H15N3O2S2. The van der Waals surface area contributed by atoms with Crippen molar-refractivity contribution in [3.05, 3.63) is 54.6 Å². The van der Waals surface area contributed by atoms with E-state index in [-0.39, 0.29) is 5.91 Å². The lowest BCUT2D eigenvalue weighted by molar-refractivity contribution is 0.102. The van der Waals surface area contributed by atoms with Crippen LogP contribution in [0.5, 0.6) is 5.75 Å². The molecular weight excluding hydrogens is 342 g/mol. The van der Waals surface area contributed by atoms with E-state index >= 15 is 0 Å². The van der Waals surface area contributed by atoms with Crippen LogP contribution in [0.25, 0.3) is 10.8 Å². The second kappa shape index (κ2) is 7.46. The molecule has 7 heteroatoms. The van der Waals surface area contributed by atoms with E-state index in [0.717, 1.165) is 20.9 Å². The number of benzene rings is 2. The Hall–Kier alpha value is -2.38. The molecule has 0 unspecified atom stereocenters. The normalized spacial score (nSPS) is 10.5. The molecule has 3 aromatic rings. The monoisotopic (exact) mass is 357 g/mol. The number of hydrogen-bond acceptors (Lipinski definition) is 6. The smallest absolute Gasteiger partial charge is 0.261 e. The molecule has 0 saturated heterocycles. The van der Waals surface area contributed by atoms with Crippen LogP contribution < -0.4 is 10.1 Å². The number of nitrogens with one attached hydrogen (secondary N) is 1. The van der Waals surface area contributed by atoms with Crippen molar-refractivity contribution in [3.8, 4) is 5.75 Å². The average molecular weight is 357 g/mol. The van der Waals surface area contributed by atoms with Crippen molar-refractivity contribution in [2.75, 3.05) is 18.2 Å². The Morgan fingerprint density at radius 1 is 1.33 bits per heavy atom. The number of nitrogens with zero attached hydrogens (tertiary/aromatic N) is 2. The minimum atomic E-state index is -0.269. The molecule has 24 heavy (non-hydrogen) atoms. The molecule has 2 aromatic carbocycles. The maximum absolute atomic E-state index is 12.6. The first-order chi connectivity index (χ1) is 11.7. The van der Waals surface area contributed by atoms with Crippen LogP contribution in [0.15, 0.2) is 53.4 Å². The van der Waals surface area contributed by atoms with Crippen LogP contribution in [0, 0.1) is 0 Å². The summed E-state index contributed by atoms with van der Waals surface area (Å²) >= 11 is 2.86. The van der Waals surface area contributed by atoms with Gasteiger partial charge in [-0.2, -0.15) is 0 Å². The standard InChI is InChI=1S/C17H15N3O2S2/c1-3-8-23-17-20-19-16(24-17)18-15(21)13-9-11-6-4-5-7-12(11)10-14(13)22-2/h3-7,9-10H,1,8H2,2H3,(H,18,19,21). The van der Waals surface area contributed by atoms with Gasteiger partial charge in [0.25, 0.3) is 5.91 Å². The SMILES string of the molecule is C=CCSc1nnc(NC(=O)c2cc3ccccc3cc2OC)s1. The summed E-state index contributed by atoms with van der Waals surface area (Å²) in [6.45, 7) is 3.67. The van der Waals surface area contributed by atoms with Gasteiger partial charge >= 0.3 is 0 Å². The third-order valence-electron chi connectivity index (χ3n) is 3.26. The Labute approximate surface area is 147 Å². The van der Waals surface area contributed by atoms with Gasteiger partial charge in [-0.3, -0.25) is 10.1 Å². The number of rotatable bonds is 6. The van der Waals surface area contributed by atoms with Gasteiger partial charge in [0.1, 0.15) is 5.75 Å². The summed E-state index contributed by atoms with van der Waals surface area (Å²) in [5.41, 5.74) is 0.465. The summed E-state index contributed by atoms with van der Waals surface area (Å²) in [6, 6.07) is 11.5. The zero-order chi connectivity index (χ0) is 16.9. The van der Waals surface area contributed by atoms with Crippen molar-refractivity contribution in [2.45, 2.75) is 4.34 Å². The predicted molar refractivity (Wildman–Crippen MR) is 99.3 cm³/mol. The molecule has 0 aliphatic heterocycles. The first-order valence-corrected chi connectivity index (χ1v) is 8.97. The van der Waals surface area contributed by atoms with Crippen molar-refractivity contribution in [3.63, 3.8) is 0 Å². The largest absolute Gasteiger partial charge is 0.496 e. The van der Waals surface area contributed by atoms with Crippen LogP contribution in [-0.4, -0.2) is 29.0 Å². The van der Waals surface area contributed by atoms with E-state index in [1.807, 2.05) is 36.4 Å². The Bertz CT molecular complexity index is 892. The van der Waals surface area contributed by atoms with E-state index in [1.54, 1.807) is 13.2 Å². The Morgan fingerprint density at radius 3 is 2.79 bits per heavy atom. The summed E-state index contributed by atoms with van der Waals surface area (Å²) in [4.78, 5) is 12.6. The van der Waals surface area contributed by atoms with Gasteiger partial charge in [-0.25, -0.2) is 0 Å². The average Bonchev–Trinajstić information content (AvgIpc) is 3.05. The lowest BCUT2D eigenvalue weighted by Gasteiger charge is -2.09. The molecule has 0 atom stereocenters. The maximum atomic E-state index is 12.6. The third kappa shape index (κ3) is 3.58. The van der Waals surface area contributed by atoms with Crippen LogP contribution in [-0.2, 0) is 0 Å². The van der Waals surface area contributed by atoms with Crippen LogP contribution >= 0.6 is 23.1 Å². The van der Waals surface area contributed by atoms with E-state index in [2.05, 4.69) is 22.1 Å². The van der Waals surface area contributed by atoms with Crippen molar-refractivity contribution >= 4 is 44.9 Å². The van der Waals surface area contributed by atoms with Gasteiger partial charge in [0.2, 0.25) is 5.13 Å². The summed E-state index contributed by atoms with van der Waals surface area (Å²) in [5, 5.41) is 13.3. The maximum Gasteiger partial charge on any atom is 0.261 e. The molecule has 1 amide bonds. The molecule has 1 aromatic heterocycles. The lowest BCUT2D eigenvalue weighted by atomic mass is 10.1. The molecule has 1 N–H and O–H groups in total. The molecule has 0 radical (unpaired) electrons. The number of anilines is 1. The van der Waals surface area contributed by atoms with E-state index < -0.39 is 0 Å². The van der Waals surface area contributed by atoms with Gasteiger partial charge in [-0.05, 0) is 22.9 Å². The zero-order valence-electron chi connectivity index (χ0n) is 13.0. The van der Waals surface area contributed by atoms with Gasteiger partial charge in [0.15, 0.2) is 4.34 Å². The summed E-state index contributed by atoms with van der Waals surface area (Å²) in [6.07, 6.45) is 1.80. The Kier molecular flexibility index (Phi) is 5.12. The minimum absolute atomic E-state index is 0.269. The Balaban J connectivity index is 1.85. The van der Waals surface area contributed by atoms with Crippen molar-refractivity contribution < 1.29 is 9.53 Å². The number of ether oxygens (including phenoxy) is 1. The number of hydrogen-bond donors (Lipinski definition) is 1. The van der Waals surface area contributed by atoms with E-state index in [0.29, 0.717) is 16.4 Å². The number of aromatic nitrogens is 2. The summed E-state index contributed by atoms with van der Waals surface area (Å²) < 4.78 is 6.15. The number of amides is 1. The van der Waals surface area contributed by atoms with Gasteiger partial charge in [-0.15, -0.1) is 16.8 Å². The Morgan fingerprint density at radius 2 is 2.08 bits per heavy atom. The fourth-order valence-electron chi connectivity index (χ4n) is 2.18. The van der Waals surface area contributed by atoms with Gasteiger partial charge in [0.05, 0.1) is 12.7 Å². The number of carbonyl (C=O) groups is 1. The van der Waals surface area contributed by atoms with Gasteiger partial charge in [-0.1, -0.05) is 53.4 Å². The molecule has 0 fully saturated rings. The third-order valence-corrected chi connectivity index (χ3v) is 5.23. The topological polar surface area (TPSA) is 64.1 Å². The fraction of sp³-hybridized carbons (Fsp3) is 0.118. The quantitative estimate of drug-likeness (QED) is 0.406. The number of fused-ring (bicyclic) bond motifs is 1. The summed E-state index contributed by atoms with van der Waals surface area (Å²) in [7, 11) is 1.55. The van der Waals surface area contributed by atoms with Crippen molar-refractivity contribution in [1.29, 1.82) is 0 Å². The second-order valence-corrected chi connectivity index (χ2v) is 7.07. The predicted octanol–water partition coefficient (Wildman–Crippen LogP) is 4.23. The van der Waals surface area contributed by atoms with Crippen molar-refractivity contribution in [2.24, 2.45) is 0 Å². The van der Waals surface area contributed by atoms with Crippen LogP contribution in [0.3, 0.4) is 0 Å². The fourth-order valence-corrected chi connectivity index (χ4v) is 3.69. The van der Waals surface area contributed by atoms with E-state index in [4.69, 9.17) is 4.74 Å². The molecule has 5 nitrogen and oxygen atoms in total. The number of carbonyl (C=O) groups excluding carboxylic acids is 1. The highest BCUT2D eigenvalue weighted by atomic mass is 32.2. The minimum Gasteiger partial charge on any atom is -0.496 e.